The normalized spacial score (nSPS) is 17.6. The third-order valence-electron chi connectivity index (χ3n) is 1.75. The molecule has 0 fully saturated rings. The topological polar surface area (TPSA) is 61.8 Å². The number of amidine groups is 1. The first-order valence-corrected chi connectivity index (χ1v) is 5.21. The predicted molar refractivity (Wildman–Crippen MR) is 56.6 cm³/mol. The Morgan fingerprint density at radius 1 is 1.64 bits per heavy atom. The summed E-state index contributed by atoms with van der Waals surface area (Å²) < 4.78 is 0. The highest BCUT2D eigenvalue weighted by atomic mass is 32.2. The zero-order valence-corrected chi connectivity index (χ0v) is 9.22. The fourth-order valence-corrected chi connectivity index (χ4v) is 1.66. The van der Waals surface area contributed by atoms with Crippen LogP contribution in [-0.4, -0.2) is 47.8 Å². The Morgan fingerprint density at radius 2 is 2.29 bits per heavy atom. The molecule has 0 bridgehead atoms. The van der Waals surface area contributed by atoms with Crippen LogP contribution in [0, 0.1) is 0 Å². The van der Waals surface area contributed by atoms with Gasteiger partial charge in [-0.1, -0.05) is 11.8 Å². The van der Waals surface area contributed by atoms with Gasteiger partial charge >= 0.3 is 5.24 Å². The molecule has 0 aliphatic carbocycles. The highest BCUT2D eigenvalue weighted by Crippen LogP contribution is 2.12. The monoisotopic (exact) mass is 215 g/mol. The lowest BCUT2D eigenvalue weighted by Crippen LogP contribution is -2.44. The number of nitrogens with zero attached hydrogens (tertiary/aromatic N) is 2. The Hall–Kier alpha value is -1.04. The number of rotatable bonds is 2. The van der Waals surface area contributed by atoms with E-state index in [0.717, 1.165) is 11.8 Å². The van der Waals surface area contributed by atoms with Crippen molar-refractivity contribution < 1.29 is 9.59 Å². The summed E-state index contributed by atoms with van der Waals surface area (Å²) in [6, 6.07) is -0.338. The van der Waals surface area contributed by atoms with Crippen molar-refractivity contribution in [1.29, 1.82) is 0 Å². The maximum atomic E-state index is 11.4. The minimum atomic E-state index is -0.338. The van der Waals surface area contributed by atoms with Gasteiger partial charge in [0.25, 0.3) is 0 Å². The molecule has 2 amide bonds. The lowest BCUT2D eigenvalue weighted by molar-refractivity contribution is -0.130. The van der Waals surface area contributed by atoms with Crippen molar-refractivity contribution in [3.05, 3.63) is 0 Å². The van der Waals surface area contributed by atoms with E-state index < -0.39 is 0 Å². The lowest BCUT2D eigenvalue weighted by Gasteiger charge is -2.18. The summed E-state index contributed by atoms with van der Waals surface area (Å²) in [5.74, 6) is 1.09. The van der Waals surface area contributed by atoms with Crippen LogP contribution in [0.1, 0.15) is 6.92 Å². The third-order valence-corrected chi connectivity index (χ3v) is 2.51. The fourth-order valence-electron chi connectivity index (χ4n) is 1.08. The molecule has 1 N–H and O–H groups in total. The average molecular weight is 215 g/mol. The first-order chi connectivity index (χ1) is 6.50. The second-order valence-electron chi connectivity index (χ2n) is 3.21. The van der Waals surface area contributed by atoms with E-state index in [4.69, 9.17) is 0 Å². The number of hydrogen-bond donors (Lipinski definition) is 1. The molecule has 1 atom stereocenters. The number of carbonyl (C=O) groups is 2. The highest BCUT2D eigenvalue weighted by molar-refractivity contribution is 8.14. The van der Waals surface area contributed by atoms with Crippen LogP contribution in [0.25, 0.3) is 0 Å². The summed E-state index contributed by atoms with van der Waals surface area (Å²) in [5, 5.41) is 2.71. The molecule has 1 unspecified atom stereocenters. The Morgan fingerprint density at radius 3 is 2.71 bits per heavy atom. The van der Waals surface area contributed by atoms with Crippen molar-refractivity contribution in [2.75, 3.05) is 19.8 Å². The van der Waals surface area contributed by atoms with Crippen LogP contribution in [0.5, 0.6) is 0 Å². The number of aliphatic imine (C=N–C) groups is 1. The van der Waals surface area contributed by atoms with Crippen LogP contribution in [0.3, 0.4) is 0 Å². The number of nitrogens with one attached hydrogen (secondary N) is 1. The van der Waals surface area contributed by atoms with E-state index >= 15 is 0 Å². The Kier molecular flexibility index (Phi) is 3.51. The van der Waals surface area contributed by atoms with Crippen LogP contribution < -0.4 is 5.32 Å². The lowest BCUT2D eigenvalue weighted by atomic mass is 10.3. The molecular formula is C8H13N3O2S. The molecule has 0 aromatic heterocycles. The third kappa shape index (κ3) is 2.73. The van der Waals surface area contributed by atoms with E-state index in [0.29, 0.717) is 11.6 Å². The van der Waals surface area contributed by atoms with Gasteiger partial charge in [-0.25, -0.2) is 0 Å². The summed E-state index contributed by atoms with van der Waals surface area (Å²) in [6.07, 6.45) is 0. The quantitative estimate of drug-likeness (QED) is 0.720. The van der Waals surface area contributed by atoms with Gasteiger partial charge < -0.3 is 10.2 Å². The molecule has 0 saturated heterocycles. The first-order valence-electron chi connectivity index (χ1n) is 4.22. The SMILES string of the molecule is CC(NC1=NC(=O)SC1)C(=O)N(C)C. The Labute approximate surface area is 86.9 Å². The molecule has 6 heteroatoms. The largest absolute Gasteiger partial charge is 0.361 e. The molecule has 0 aromatic carbocycles. The Balaban J connectivity index is 2.49. The van der Waals surface area contributed by atoms with Gasteiger partial charge in [-0.15, -0.1) is 0 Å². The summed E-state index contributed by atoms with van der Waals surface area (Å²) in [7, 11) is 3.38. The molecule has 0 spiro atoms. The summed E-state index contributed by atoms with van der Waals surface area (Å²) in [5.41, 5.74) is 0. The van der Waals surface area contributed by atoms with E-state index in [1.165, 1.54) is 4.90 Å². The van der Waals surface area contributed by atoms with Crippen LogP contribution in [-0.2, 0) is 4.79 Å². The molecule has 1 aliphatic heterocycles. The van der Waals surface area contributed by atoms with Crippen molar-refractivity contribution in [1.82, 2.24) is 10.2 Å². The van der Waals surface area contributed by atoms with Gasteiger partial charge in [-0.3, -0.25) is 9.59 Å². The minimum absolute atomic E-state index is 0.0305. The molecule has 78 valence electrons. The van der Waals surface area contributed by atoms with Gasteiger partial charge in [-0.2, -0.15) is 4.99 Å². The summed E-state index contributed by atoms with van der Waals surface area (Å²) >= 11 is 1.14. The number of carbonyl (C=O) groups excluding carboxylic acids is 2. The molecular weight excluding hydrogens is 202 g/mol. The van der Waals surface area contributed by atoms with E-state index in [1.54, 1.807) is 21.0 Å². The number of amides is 2. The second-order valence-corrected chi connectivity index (χ2v) is 4.14. The number of hydrogen-bond acceptors (Lipinski definition) is 4. The molecule has 5 nitrogen and oxygen atoms in total. The minimum Gasteiger partial charge on any atom is -0.361 e. The number of thioether (sulfide) groups is 1. The van der Waals surface area contributed by atoms with E-state index in [2.05, 4.69) is 10.3 Å². The molecule has 1 rings (SSSR count). The molecule has 14 heavy (non-hydrogen) atoms. The van der Waals surface area contributed by atoms with Gasteiger partial charge in [0, 0.05) is 14.1 Å². The van der Waals surface area contributed by atoms with Crippen LogP contribution in [0.4, 0.5) is 4.79 Å². The summed E-state index contributed by atoms with van der Waals surface area (Å²) in [6.45, 7) is 1.75. The highest BCUT2D eigenvalue weighted by Gasteiger charge is 2.20. The standard InChI is InChI=1S/C8H13N3O2S/c1-5(7(12)11(2)3)9-6-4-14-8(13)10-6/h5H,4H2,1-3H3,(H,9,10,13). The summed E-state index contributed by atoms with van der Waals surface area (Å²) in [4.78, 5) is 27.4. The van der Waals surface area contributed by atoms with Crippen molar-refractivity contribution >= 4 is 28.7 Å². The van der Waals surface area contributed by atoms with Crippen LogP contribution >= 0.6 is 11.8 Å². The first kappa shape index (κ1) is 11.0. The molecule has 0 aromatic rings. The zero-order valence-electron chi connectivity index (χ0n) is 8.40. The van der Waals surface area contributed by atoms with Gasteiger partial charge in [-0.05, 0) is 6.92 Å². The van der Waals surface area contributed by atoms with Gasteiger partial charge in [0.05, 0.1) is 5.75 Å². The molecule has 1 heterocycles. The van der Waals surface area contributed by atoms with Crippen LogP contribution in [0.15, 0.2) is 4.99 Å². The smallest absolute Gasteiger partial charge is 0.306 e. The van der Waals surface area contributed by atoms with Crippen LogP contribution in [0.2, 0.25) is 0 Å². The average Bonchev–Trinajstić information content (AvgIpc) is 2.49. The van der Waals surface area contributed by atoms with E-state index in [1.807, 2.05) is 0 Å². The van der Waals surface area contributed by atoms with Gasteiger partial charge in [0.15, 0.2) is 0 Å². The fraction of sp³-hybridized carbons (Fsp3) is 0.625. The Bertz CT molecular complexity index is 288. The van der Waals surface area contributed by atoms with Gasteiger partial charge in [0.2, 0.25) is 5.91 Å². The van der Waals surface area contributed by atoms with Crippen molar-refractivity contribution in [3.8, 4) is 0 Å². The number of likely N-dealkylation sites (N-methyl/N-ethyl adjacent to an activating group) is 1. The van der Waals surface area contributed by atoms with Crippen molar-refractivity contribution in [2.45, 2.75) is 13.0 Å². The van der Waals surface area contributed by atoms with Crippen molar-refractivity contribution in [3.63, 3.8) is 0 Å². The van der Waals surface area contributed by atoms with E-state index in [-0.39, 0.29) is 17.2 Å². The predicted octanol–water partition coefficient (Wildman–Crippen LogP) is 0.318. The van der Waals surface area contributed by atoms with E-state index in [9.17, 15) is 9.59 Å². The molecule has 1 aliphatic rings. The maximum Gasteiger partial charge on any atom is 0.306 e. The molecule has 0 radical (unpaired) electrons. The van der Waals surface area contributed by atoms with Gasteiger partial charge in [0.1, 0.15) is 11.9 Å². The second kappa shape index (κ2) is 4.45. The maximum absolute atomic E-state index is 11.4. The zero-order chi connectivity index (χ0) is 10.7. The molecule has 0 saturated carbocycles. The van der Waals surface area contributed by atoms with Crippen molar-refractivity contribution in [2.24, 2.45) is 4.99 Å².